The average molecular weight is 571 g/mol. The van der Waals surface area contributed by atoms with E-state index in [2.05, 4.69) is 0 Å². The van der Waals surface area contributed by atoms with Crippen molar-refractivity contribution >= 4 is 29.5 Å². The van der Waals surface area contributed by atoms with Crippen molar-refractivity contribution in [3.63, 3.8) is 0 Å². The van der Waals surface area contributed by atoms with Crippen molar-refractivity contribution < 1.29 is 47.7 Å². The van der Waals surface area contributed by atoms with E-state index in [0.717, 1.165) is 0 Å². The predicted octanol–water partition coefficient (Wildman–Crippen LogP) is 3.23. The minimum absolute atomic E-state index is 0.0102. The van der Waals surface area contributed by atoms with Crippen molar-refractivity contribution in [2.45, 2.75) is 103 Å². The normalized spacial score (nSPS) is 41.0. The molecule has 0 amide bonds. The van der Waals surface area contributed by atoms with Crippen molar-refractivity contribution in [1.82, 2.24) is 0 Å². The lowest BCUT2D eigenvalue weighted by molar-refractivity contribution is -0.170. The van der Waals surface area contributed by atoms with Gasteiger partial charge in [0.15, 0.2) is 11.6 Å². The third-order valence-electron chi connectivity index (χ3n) is 9.55. The van der Waals surface area contributed by atoms with E-state index in [1.165, 1.54) is 13.8 Å². The zero-order valence-corrected chi connectivity index (χ0v) is 24.5. The molecule has 41 heavy (non-hydrogen) atoms. The van der Waals surface area contributed by atoms with Gasteiger partial charge in [0.2, 0.25) is 0 Å². The number of epoxide rings is 1. The van der Waals surface area contributed by atoms with E-state index in [-0.39, 0.29) is 30.3 Å². The fourth-order valence-electron chi connectivity index (χ4n) is 7.24. The maximum atomic E-state index is 14.2. The summed E-state index contributed by atoms with van der Waals surface area (Å²) in [5.41, 5.74) is -3.52. The van der Waals surface area contributed by atoms with Crippen LogP contribution in [0.25, 0.3) is 0 Å². The van der Waals surface area contributed by atoms with E-state index in [9.17, 15) is 24.0 Å². The smallest absolute Gasteiger partial charge is 0.338 e. The highest BCUT2D eigenvalue weighted by atomic mass is 16.7. The van der Waals surface area contributed by atoms with Gasteiger partial charge in [-0.2, -0.15) is 0 Å². The Morgan fingerprint density at radius 1 is 0.854 bits per heavy atom. The van der Waals surface area contributed by atoms with Crippen LogP contribution in [0.5, 0.6) is 0 Å². The molecule has 1 spiro atoms. The summed E-state index contributed by atoms with van der Waals surface area (Å²) in [7, 11) is 0. The molecule has 1 saturated carbocycles. The summed E-state index contributed by atoms with van der Waals surface area (Å²) in [6.45, 7) is 11.1. The Balaban J connectivity index is 1.62. The Labute approximate surface area is 239 Å². The highest BCUT2D eigenvalue weighted by molar-refractivity contribution is 6.01. The fraction of sp³-hybridized carbons (Fsp3) is 0.645. The second kappa shape index (κ2) is 10.0. The first kappa shape index (κ1) is 29.4. The SMILES string of the molecule is CC(=O)O[C@@H]1C[C@@H](OC(C)=O)[C@@]2(C)O[C@@H]2[C@H]2[C@@H](OC(=O)c3ccccc3)[C@@H](C)C[C@@]23O[C@@H](C(=O)C1(C)C)[C@H](C)C3=O. The minimum Gasteiger partial charge on any atom is -0.461 e. The molecule has 10 atom stereocenters. The maximum absolute atomic E-state index is 14.2. The molecule has 0 N–H and O–H groups in total. The van der Waals surface area contributed by atoms with Gasteiger partial charge in [-0.3, -0.25) is 19.2 Å². The van der Waals surface area contributed by atoms with Crippen LogP contribution in [0.4, 0.5) is 0 Å². The molecule has 0 aromatic heterocycles. The van der Waals surface area contributed by atoms with Gasteiger partial charge in [-0.15, -0.1) is 0 Å². The number of ketones is 2. The first-order valence-electron chi connectivity index (χ1n) is 14.2. The number of hydrogen-bond donors (Lipinski definition) is 0. The summed E-state index contributed by atoms with van der Waals surface area (Å²) < 4.78 is 30.4. The molecule has 4 aliphatic rings. The summed E-state index contributed by atoms with van der Waals surface area (Å²) in [5, 5.41) is 0. The molecule has 1 aliphatic carbocycles. The van der Waals surface area contributed by atoms with Crippen LogP contribution in [0.1, 0.15) is 71.7 Å². The summed E-state index contributed by atoms with van der Waals surface area (Å²) in [5.74, 6) is -4.22. The number of benzene rings is 1. The number of Topliss-reactive ketones (excluding diaryl/α,β-unsaturated/α-hetero) is 2. The maximum Gasteiger partial charge on any atom is 0.338 e. The van der Waals surface area contributed by atoms with Crippen LogP contribution in [0.2, 0.25) is 0 Å². The Morgan fingerprint density at radius 2 is 1.46 bits per heavy atom. The van der Waals surface area contributed by atoms with Crippen LogP contribution in [-0.2, 0) is 42.9 Å². The van der Waals surface area contributed by atoms with Gasteiger partial charge >= 0.3 is 17.9 Å². The number of rotatable bonds is 4. The van der Waals surface area contributed by atoms with E-state index in [4.69, 9.17) is 23.7 Å². The zero-order chi connectivity index (χ0) is 30.1. The lowest BCUT2D eigenvalue weighted by atomic mass is 9.71. The largest absolute Gasteiger partial charge is 0.461 e. The molecule has 3 heterocycles. The number of hydrogen-bond acceptors (Lipinski definition) is 10. The lowest BCUT2D eigenvalue weighted by Crippen LogP contribution is -2.50. The summed E-state index contributed by atoms with van der Waals surface area (Å²) >= 11 is 0. The van der Waals surface area contributed by atoms with Crippen LogP contribution in [0, 0.1) is 23.2 Å². The third kappa shape index (κ3) is 4.69. The van der Waals surface area contributed by atoms with E-state index in [0.29, 0.717) is 5.56 Å². The molecule has 3 saturated heterocycles. The molecule has 222 valence electrons. The van der Waals surface area contributed by atoms with Crippen molar-refractivity contribution in [2.24, 2.45) is 23.2 Å². The molecule has 1 aromatic rings. The van der Waals surface area contributed by atoms with Gasteiger partial charge in [-0.05, 0) is 45.2 Å². The summed E-state index contributed by atoms with van der Waals surface area (Å²) in [6.07, 6.45) is -4.31. The average Bonchev–Trinajstić information content (AvgIpc) is 3.42. The van der Waals surface area contributed by atoms with Gasteiger partial charge in [0.25, 0.3) is 0 Å². The first-order chi connectivity index (χ1) is 19.1. The number of carbonyl (C=O) groups excluding carboxylic acids is 5. The molecule has 5 rings (SSSR count). The molecule has 0 radical (unpaired) electrons. The quantitative estimate of drug-likeness (QED) is 0.302. The van der Waals surface area contributed by atoms with Gasteiger partial charge in [0.1, 0.15) is 41.7 Å². The standard InChI is InChI=1S/C31H38O10/c1-15-14-31-22(23(15)39-28(36)19-11-9-8-10-12-19)27-30(7,41-27)21(38-18(4)33)13-20(37-17(3)32)29(5,6)26(35)24(40-31)16(2)25(31)34/h8-12,15-16,20-24,27H,13-14H2,1-7H3/t15-,16-,20+,21+,22+,23-,24+,27+,30+,31+/m0/s1. The van der Waals surface area contributed by atoms with Gasteiger partial charge in [-0.1, -0.05) is 32.0 Å². The molecule has 3 aliphatic heterocycles. The summed E-state index contributed by atoms with van der Waals surface area (Å²) in [6, 6.07) is 8.55. The molecule has 10 nitrogen and oxygen atoms in total. The first-order valence-corrected chi connectivity index (χ1v) is 14.2. The molecular formula is C31H38O10. The Hall–Kier alpha value is -3.11. The number of fused-ring (bicyclic) bond motifs is 3. The van der Waals surface area contributed by atoms with Gasteiger partial charge in [-0.25, -0.2) is 4.79 Å². The zero-order valence-electron chi connectivity index (χ0n) is 24.5. The fourth-order valence-corrected chi connectivity index (χ4v) is 7.24. The molecule has 10 heteroatoms. The van der Waals surface area contributed by atoms with Crippen molar-refractivity contribution in [1.29, 1.82) is 0 Å². The van der Waals surface area contributed by atoms with E-state index in [1.807, 2.05) is 6.92 Å². The third-order valence-corrected chi connectivity index (χ3v) is 9.55. The second-order valence-corrected chi connectivity index (χ2v) is 12.8. The second-order valence-electron chi connectivity index (χ2n) is 12.8. The van der Waals surface area contributed by atoms with Gasteiger partial charge in [0, 0.05) is 20.3 Å². The van der Waals surface area contributed by atoms with E-state index in [1.54, 1.807) is 58.0 Å². The molecule has 0 unspecified atom stereocenters. The molecule has 4 fully saturated rings. The molecular weight excluding hydrogens is 532 g/mol. The van der Waals surface area contributed by atoms with Crippen molar-refractivity contribution in [3.05, 3.63) is 35.9 Å². The number of ether oxygens (including phenoxy) is 5. The van der Waals surface area contributed by atoms with E-state index < -0.39 is 76.9 Å². The predicted molar refractivity (Wildman–Crippen MR) is 142 cm³/mol. The highest BCUT2D eigenvalue weighted by Crippen LogP contribution is 2.61. The number of carbonyl (C=O) groups is 5. The Bertz CT molecular complexity index is 1270. The van der Waals surface area contributed by atoms with Gasteiger partial charge < -0.3 is 23.7 Å². The van der Waals surface area contributed by atoms with Crippen LogP contribution < -0.4 is 0 Å². The monoisotopic (exact) mass is 570 g/mol. The lowest BCUT2D eigenvalue weighted by Gasteiger charge is -2.36. The minimum atomic E-state index is -1.46. The van der Waals surface area contributed by atoms with Crippen LogP contribution in [-0.4, -0.2) is 71.2 Å². The molecule has 1 aromatic carbocycles. The Morgan fingerprint density at radius 3 is 2.07 bits per heavy atom. The van der Waals surface area contributed by atoms with Gasteiger partial charge in [0.05, 0.1) is 22.8 Å². The Kier molecular flexibility index (Phi) is 7.18. The summed E-state index contributed by atoms with van der Waals surface area (Å²) in [4.78, 5) is 65.9. The number of esters is 3. The van der Waals surface area contributed by atoms with Crippen molar-refractivity contribution in [2.75, 3.05) is 0 Å². The van der Waals surface area contributed by atoms with Crippen molar-refractivity contribution in [3.8, 4) is 0 Å². The van der Waals surface area contributed by atoms with E-state index >= 15 is 0 Å². The topological polar surface area (TPSA) is 135 Å². The van der Waals surface area contributed by atoms with Crippen LogP contribution in [0.15, 0.2) is 30.3 Å². The highest BCUT2D eigenvalue weighted by Gasteiger charge is 2.76. The van der Waals surface area contributed by atoms with Crippen LogP contribution >= 0.6 is 0 Å². The van der Waals surface area contributed by atoms with Crippen LogP contribution in [0.3, 0.4) is 0 Å². The molecule has 2 bridgehead atoms.